The third kappa shape index (κ3) is 1.75. The van der Waals surface area contributed by atoms with Crippen LogP contribution in [-0.2, 0) is 4.74 Å². The molecule has 2 nitrogen and oxygen atoms in total. The second kappa shape index (κ2) is 3.48. The van der Waals surface area contributed by atoms with E-state index in [4.69, 9.17) is 4.74 Å². The number of rotatable bonds is 1. The van der Waals surface area contributed by atoms with Gasteiger partial charge in [-0.1, -0.05) is 13.8 Å². The highest BCUT2D eigenvalue weighted by Crippen LogP contribution is 2.38. The Morgan fingerprint density at radius 3 is 2.50 bits per heavy atom. The molecule has 1 spiro atoms. The van der Waals surface area contributed by atoms with Crippen molar-refractivity contribution >= 4 is 0 Å². The average Bonchev–Trinajstić information content (AvgIpc) is 2.48. The van der Waals surface area contributed by atoms with Crippen LogP contribution in [0, 0.1) is 11.8 Å². The van der Waals surface area contributed by atoms with Gasteiger partial charge in [0.05, 0.1) is 5.54 Å². The van der Waals surface area contributed by atoms with Gasteiger partial charge in [0.15, 0.2) is 5.88 Å². The molecule has 1 saturated carbocycles. The van der Waals surface area contributed by atoms with Crippen LogP contribution in [0.3, 0.4) is 0 Å². The Hall–Kier alpha value is -0.660. The molecule has 80 valence electrons. The van der Waals surface area contributed by atoms with Crippen LogP contribution in [0.5, 0.6) is 0 Å². The first-order chi connectivity index (χ1) is 6.61. The number of hydrogen-bond donors (Lipinski definition) is 1. The van der Waals surface area contributed by atoms with Crippen molar-refractivity contribution < 1.29 is 4.74 Å². The summed E-state index contributed by atoms with van der Waals surface area (Å²) in [6.07, 6.45) is 5.16. The van der Waals surface area contributed by atoms with Crippen LogP contribution < -0.4 is 5.32 Å². The van der Waals surface area contributed by atoms with Crippen molar-refractivity contribution in [3.63, 3.8) is 0 Å². The monoisotopic (exact) mass is 195 g/mol. The van der Waals surface area contributed by atoms with Crippen molar-refractivity contribution in [1.82, 2.24) is 5.32 Å². The fourth-order valence-electron chi connectivity index (χ4n) is 2.72. The molecule has 0 atom stereocenters. The molecule has 0 amide bonds. The highest BCUT2D eigenvalue weighted by molar-refractivity contribution is 5.04. The fraction of sp³-hybridized carbons (Fsp3) is 0.833. The van der Waals surface area contributed by atoms with Crippen LogP contribution in [0.4, 0.5) is 0 Å². The van der Waals surface area contributed by atoms with E-state index in [2.05, 4.69) is 25.7 Å². The van der Waals surface area contributed by atoms with E-state index in [-0.39, 0.29) is 5.54 Å². The van der Waals surface area contributed by atoms with Gasteiger partial charge in [0.2, 0.25) is 0 Å². The van der Waals surface area contributed by atoms with Gasteiger partial charge in [-0.15, -0.1) is 0 Å². The summed E-state index contributed by atoms with van der Waals surface area (Å²) in [5.74, 6) is 2.52. The zero-order valence-electron chi connectivity index (χ0n) is 9.31. The van der Waals surface area contributed by atoms with Crippen molar-refractivity contribution in [3.8, 4) is 0 Å². The molecule has 1 heterocycles. The van der Waals surface area contributed by atoms with Crippen LogP contribution >= 0.6 is 0 Å². The van der Waals surface area contributed by atoms with Gasteiger partial charge in [0, 0.05) is 0 Å². The van der Waals surface area contributed by atoms with Crippen molar-refractivity contribution in [1.29, 1.82) is 0 Å². The quantitative estimate of drug-likeness (QED) is 0.694. The lowest BCUT2D eigenvalue weighted by atomic mass is 9.73. The number of nitrogens with one attached hydrogen (secondary N) is 1. The van der Waals surface area contributed by atoms with E-state index in [0.717, 1.165) is 24.3 Å². The predicted octanol–water partition coefficient (Wildman–Crippen LogP) is 2.66. The van der Waals surface area contributed by atoms with Crippen LogP contribution in [0.25, 0.3) is 0 Å². The summed E-state index contributed by atoms with van der Waals surface area (Å²) in [6.45, 7) is 9.32. The maximum Gasteiger partial charge on any atom is 0.179 e. The van der Waals surface area contributed by atoms with E-state index in [9.17, 15) is 0 Å². The Bertz CT molecular complexity index is 226. The molecule has 0 radical (unpaired) electrons. The first-order valence-corrected chi connectivity index (χ1v) is 5.71. The first-order valence-electron chi connectivity index (χ1n) is 5.71. The summed E-state index contributed by atoms with van der Waals surface area (Å²) in [6, 6.07) is 0. The molecule has 0 unspecified atom stereocenters. The maximum absolute atomic E-state index is 5.44. The summed E-state index contributed by atoms with van der Waals surface area (Å²) < 4.78 is 5.44. The van der Waals surface area contributed by atoms with Gasteiger partial charge in [-0.05, 0) is 44.1 Å². The third-order valence-corrected chi connectivity index (χ3v) is 3.86. The Kier molecular flexibility index (Phi) is 2.46. The van der Waals surface area contributed by atoms with Crippen LogP contribution in [0.2, 0.25) is 0 Å². The van der Waals surface area contributed by atoms with Gasteiger partial charge >= 0.3 is 0 Å². The first kappa shape index (κ1) is 9.88. The Labute approximate surface area is 86.7 Å². The Morgan fingerprint density at radius 2 is 2.07 bits per heavy atom. The second-order valence-corrected chi connectivity index (χ2v) is 5.20. The van der Waals surface area contributed by atoms with Gasteiger partial charge in [-0.3, -0.25) is 0 Å². The molecule has 1 N–H and O–H groups in total. The lowest BCUT2D eigenvalue weighted by Crippen LogP contribution is -2.45. The molecule has 1 aliphatic carbocycles. The summed E-state index contributed by atoms with van der Waals surface area (Å²) in [5, 5.41) is 3.41. The van der Waals surface area contributed by atoms with Gasteiger partial charge in [0.25, 0.3) is 0 Å². The highest BCUT2D eigenvalue weighted by atomic mass is 16.5. The zero-order valence-corrected chi connectivity index (χ0v) is 9.31. The average molecular weight is 195 g/mol. The van der Waals surface area contributed by atoms with E-state index in [1.54, 1.807) is 0 Å². The topological polar surface area (TPSA) is 21.3 Å². The van der Waals surface area contributed by atoms with E-state index >= 15 is 0 Å². The van der Waals surface area contributed by atoms with Crippen LogP contribution in [0.1, 0.15) is 39.5 Å². The van der Waals surface area contributed by atoms with Gasteiger partial charge in [-0.25, -0.2) is 0 Å². The summed E-state index contributed by atoms with van der Waals surface area (Å²) in [5.41, 5.74) is 0.239. The molecule has 14 heavy (non-hydrogen) atoms. The normalized spacial score (nSPS) is 37.4. The van der Waals surface area contributed by atoms with Gasteiger partial charge < -0.3 is 10.1 Å². The summed E-state index contributed by atoms with van der Waals surface area (Å²) >= 11 is 0. The van der Waals surface area contributed by atoms with E-state index in [1.807, 2.05) is 0 Å². The molecule has 1 aliphatic heterocycles. The predicted molar refractivity (Wildman–Crippen MR) is 57.8 cm³/mol. The van der Waals surface area contributed by atoms with Gasteiger partial charge in [-0.2, -0.15) is 0 Å². The molecule has 0 aromatic carbocycles. The lowest BCUT2D eigenvalue weighted by Gasteiger charge is -2.37. The molecule has 0 aromatic rings. The maximum atomic E-state index is 5.44. The van der Waals surface area contributed by atoms with Crippen LogP contribution in [-0.4, -0.2) is 12.1 Å². The molecule has 2 rings (SSSR count). The van der Waals surface area contributed by atoms with Crippen LogP contribution in [0.15, 0.2) is 12.5 Å². The molecule has 2 heteroatoms. The molecule has 0 bridgehead atoms. The van der Waals surface area contributed by atoms with Crippen molar-refractivity contribution in [2.45, 2.75) is 45.1 Å². The molecule has 2 fully saturated rings. The van der Waals surface area contributed by atoms with Crippen molar-refractivity contribution in [3.05, 3.63) is 12.5 Å². The van der Waals surface area contributed by atoms with Crippen molar-refractivity contribution in [2.75, 3.05) is 6.61 Å². The second-order valence-electron chi connectivity index (χ2n) is 5.20. The van der Waals surface area contributed by atoms with Gasteiger partial charge in [0.1, 0.15) is 6.61 Å². The summed E-state index contributed by atoms with van der Waals surface area (Å²) in [7, 11) is 0. The van der Waals surface area contributed by atoms with E-state index in [1.165, 1.54) is 25.7 Å². The smallest absolute Gasteiger partial charge is 0.179 e. The SMILES string of the molecule is C=C1NC2(CCC(C(C)C)CC2)CO1. The fourth-order valence-corrected chi connectivity index (χ4v) is 2.72. The standard InChI is InChI=1S/C12H21NO/c1-9(2)11-4-6-12(7-5-11)8-14-10(3)13-12/h9,11,13H,3-8H2,1-2H3. The van der Waals surface area contributed by atoms with E-state index in [0.29, 0.717) is 0 Å². The van der Waals surface area contributed by atoms with E-state index < -0.39 is 0 Å². The molecular formula is C12H21NO. The Morgan fingerprint density at radius 1 is 1.43 bits per heavy atom. The minimum absolute atomic E-state index is 0.239. The Balaban J connectivity index is 1.92. The zero-order chi connectivity index (χ0) is 10.2. The number of hydrogen-bond acceptors (Lipinski definition) is 2. The minimum Gasteiger partial charge on any atom is -0.477 e. The molecule has 2 aliphatic rings. The molecule has 1 saturated heterocycles. The minimum atomic E-state index is 0.239. The third-order valence-electron chi connectivity index (χ3n) is 3.86. The summed E-state index contributed by atoms with van der Waals surface area (Å²) in [4.78, 5) is 0. The molecular weight excluding hydrogens is 174 g/mol. The molecule has 0 aromatic heterocycles. The largest absolute Gasteiger partial charge is 0.477 e. The van der Waals surface area contributed by atoms with Crippen molar-refractivity contribution in [2.24, 2.45) is 11.8 Å². The number of ether oxygens (including phenoxy) is 1. The highest BCUT2D eigenvalue weighted by Gasteiger charge is 2.40. The lowest BCUT2D eigenvalue weighted by molar-refractivity contribution is 0.151.